The van der Waals surface area contributed by atoms with Crippen LogP contribution in [0.25, 0.3) is 0 Å². The van der Waals surface area contributed by atoms with Crippen LogP contribution in [0.5, 0.6) is 0 Å². The minimum atomic E-state index is 0.474. The average molecular weight is 224 g/mol. The highest BCUT2D eigenvalue weighted by molar-refractivity contribution is 6.00. The maximum atomic E-state index is 4.53. The van der Waals surface area contributed by atoms with Gasteiger partial charge in [-0.25, -0.2) is 0 Å². The number of aryl methyl sites for hydroxylation is 1. The second-order valence-corrected chi connectivity index (χ2v) is 4.88. The molecule has 0 saturated heterocycles. The van der Waals surface area contributed by atoms with Crippen LogP contribution in [0.1, 0.15) is 11.4 Å². The lowest BCUT2D eigenvalue weighted by molar-refractivity contribution is -0.489. The Bertz CT molecular complexity index is 613. The van der Waals surface area contributed by atoms with Crippen LogP contribution < -0.4 is 0 Å². The molecule has 3 heterocycles. The van der Waals surface area contributed by atoms with Crippen LogP contribution in [-0.2, 0) is 6.67 Å². The molecule has 0 N–H and O–H groups in total. The standard InChI is InChI=1S/C14H14N3/c1-10-8-13-14-12-5-3-2-4-11(12)6-7-16(14)9-17(13)15-10/h2-8,11-12H,9H2,1H3/q+1. The van der Waals surface area contributed by atoms with Crippen molar-refractivity contribution in [1.82, 2.24) is 9.78 Å². The second-order valence-electron chi connectivity index (χ2n) is 4.88. The van der Waals surface area contributed by atoms with Crippen molar-refractivity contribution in [2.75, 3.05) is 0 Å². The summed E-state index contributed by atoms with van der Waals surface area (Å²) in [5.74, 6) is 0.982. The molecule has 0 spiro atoms. The zero-order valence-corrected chi connectivity index (χ0v) is 9.74. The van der Waals surface area contributed by atoms with Crippen molar-refractivity contribution < 1.29 is 4.58 Å². The number of hydrogen-bond acceptors (Lipinski definition) is 1. The van der Waals surface area contributed by atoms with Crippen molar-refractivity contribution >= 4 is 5.71 Å². The van der Waals surface area contributed by atoms with Gasteiger partial charge in [0.2, 0.25) is 12.4 Å². The molecule has 0 bridgehead atoms. The molecule has 0 amide bonds. The zero-order chi connectivity index (χ0) is 11.4. The van der Waals surface area contributed by atoms with Crippen molar-refractivity contribution in [3.63, 3.8) is 0 Å². The molecular weight excluding hydrogens is 210 g/mol. The van der Waals surface area contributed by atoms with E-state index < -0.39 is 0 Å². The lowest BCUT2D eigenvalue weighted by Gasteiger charge is -2.21. The van der Waals surface area contributed by atoms with Crippen LogP contribution in [0, 0.1) is 18.8 Å². The molecule has 4 rings (SSSR count). The van der Waals surface area contributed by atoms with Crippen molar-refractivity contribution in [2.24, 2.45) is 11.8 Å². The van der Waals surface area contributed by atoms with Gasteiger partial charge in [0, 0.05) is 5.92 Å². The third kappa shape index (κ3) is 1.16. The molecule has 0 radical (unpaired) electrons. The van der Waals surface area contributed by atoms with E-state index >= 15 is 0 Å². The van der Waals surface area contributed by atoms with E-state index in [0.29, 0.717) is 11.8 Å². The van der Waals surface area contributed by atoms with Gasteiger partial charge in [-0.3, -0.25) is 0 Å². The number of rotatable bonds is 0. The zero-order valence-electron chi connectivity index (χ0n) is 9.74. The smallest absolute Gasteiger partial charge is 0.199 e. The van der Waals surface area contributed by atoms with Gasteiger partial charge >= 0.3 is 0 Å². The van der Waals surface area contributed by atoms with Crippen LogP contribution in [0.4, 0.5) is 0 Å². The summed E-state index contributed by atoms with van der Waals surface area (Å²) >= 11 is 0. The number of aromatic nitrogens is 2. The Hall–Kier alpha value is -1.90. The summed E-state index contributed by atoms with van der Waals surface area (Å²) in [4.78, 5) is 0. The van der Waals surface area contributed by atoms with Crippen molar-refractivity contribution in [3.8, 4) is 0 Å². The van der Waals surface area contributed by atoms with E-state index in [4.69, 9.17) is 0 Å². The Balaban J connectivity index is 1.89. The van der Waals surface area contributed by atoms with Gasteiger partial charge in [-0.2, -0.15) is 14.4 Å². The predicted octanol–water partition coefficient (Wildman–Crippen LogP) is 1.85. The van der Waals surface area contributed by atoms with Gasteiger partial charge in [0.15, 0.2) is 6.20 Å². The summed E-state index contributed by atoms with van der Waals surface area (Å²) in [6.07, 6.45) is 13.3. The molecule has 1 aromatic rings. The molecule has 2 unspecified atom stereocenters. The molecule has 2 aliphatic heterocycles. The minimum absolute atomic E-state index is 0.474. The number of nitrogens with zero attached hydrogens (tertiary/aromatic N) is 3. The maximum Gasteiger partial charge on any atom is 0.243 e. The first-order chi connectivity index (χ1) is 8.33. The molecule has 84 valence electrons. The fourth-order valence-corrected chi connectivity index (χ4v) is 3.00. The Kier molecular flexibility index (Phi) is 1.65. The molecule has 17 heavy (non-hydrogen) atoms. The molecule has 1 aromatic heterocycles. The van der Waals surface area contributed by atoms with Gasteiger partial charge < -0.3 is 0 Å². The first kappa shape index (κ1) is 9.16. The van der Waals surface area contributed by atoms with Gasteiger partial charge in [0.05, 0.1) is 11.6 Å². The fraction of sp³-hybridized carbons (Fsp3) is 0.286. The molecule has 0 aromatic carbocycles. The maximum absolute atomic E-state index is 4.53. The van der Waals surface area contributed by atoms with Crippen molar-refractivity contribution in [1.29, 1.82) is 0 Å². The van der Waals surface area contributed by atoms with E-state index in [1.807, 2.05) is 0 Å². The van der Waals surface area contributed by atoms with Gasteiger partial charge in [-0.15, -0.1) is 0 Å². The van der Waals surface area contributed by atoms with Crippen LogP contribution in [0.3, 0.4) is 0 Å². The van der Waals surface area contributed by atoms with E-state index in [1.165, 1.54) is 11.4 Å². The molecule has 2 atom stereocenters. The number of fused-ring (bicyclic) bond motifs is 4. The summed E-state index contributed by atoms with van der Waals surface area (Å²) in [5, 5.41) is 4.53. The van der Waals surface area contributed by atoms with E-state index in [1.54, 1.807) is 0 Å². The predicted molar refractivity (Wildman–Crippen MR) is 65.7 cm³/mol. The molecule has 1 aliphatic carbocycles. The topological polar surface area (TPSA) is 20.8 Å². The first-order valence-corrected chi connectivity index (χ1v) is 6.04. The SMILES string of the molecule is Cc1cc2n(n1)C[N+]1=C2C2C=CC=CC2C=C1. The highest BCUT2D eigenvalue weighted by Gasteiger charge is 2.40. The summed E-state index contributed by atoms with van der Waals surface area (Å²) in [5.41, 5.74) is 3.79. The van der Waals surface area contributed by atoms with Gasteiger partial charge in [-0.1, -0.05) is 24.3 Å². The Morgan fingerprint density at radius 2 is 2.18 bits per heavy atom. The summed E-state index contributed by atoms with van der Waals surface area (Å²) in [6.45, 7) is 2.92. The van der Waals surface area contributed by atoms with Crippen LogP contribution in [-0.4, -0.2) is 20.1 Å². The van der Waals surface area contributed by atoms with Crippen LogP contribution >= 0.6 is 0 Å². The minimum Gasteiger partial charge on any atom is -0.199 e. The second kappa shape index (κ2) is 3.06. The lowest BCUT2D eigenvalue weighted by atomic mass is 9.82. The Morgan fingerprint density at radius 1 is 1.29 bits per heavy atom. The van der Waals surface area contributed by atoms with Crippen LogP contribution in [0.2, 0.25) is 0 Å². The van der Waals surface area contributed by atoms with Crippen LogP contribution in [0.15, 0.2) is 42.6 Å². The molecule has 3 heteroatoms. The van der Waals surface area contributed by atoms with E-state index in [9.17, 15) is 0 Å². The molecule has 0 fully saturated rings. The third-order valence-electron chi connectivity index (χ3n) is 3.74. The fourth-order valence-electron chi connectivity index (χ4n) is 3.00. The highest BCUT2D eigenvalue weighted by atomic mass is 15.4. The van der Waals surface area contributed by atoms with E-state index in [-0.39, 0.29) is 0 Å². The van der Waals surface area contributed by atoms with Crippen molar-refractivity contribution in [3.05, 3.63) is 54.0 Å². The Labute approximate surface area is 100 Å². The van der Waals surface area contributed by atoms with E-state index in [2.05, 4.69) is 63.9 Å². The molecule has 0 saturated carbocycles. The first-order valence-electron chi connectivity index (χ1n) is 6.04. The molecular formula is C14H14N3+. The summed E-state index contributed by atoms with van der Waals surface area (Å²) in [6, 6.07) is 2.19. The van der Waals surface area contributed by atoms with Gasteiger partial charge in [0.1, 0.15) is 5.69 Å². The summed E-state index contributed by atoms with van der Waals surface area (Å²) in [7, 11) is 0. The van der Waals surface area contributed by atoms with Gasteiger partial charge in [0.25, 0.3) is 0 Å². The van der Waals surface area contributed by atoms with Crippen molar-refractivity contribution in [2.45, 2.75) is 13.6 Å². The monoisotopic (exact) mass is 224 g/mol. The number of allylic oxidation sites excluding steroid dienone is 5. The van der Waals surface area contributed by atoms with Gasteiger partial charge in [-0.05, 0) is 19.1 Å². The van der Waals surface area contributed by atoms with E-state index in [0.717, 1.165) is 12.4 Å². The summed E-state index contributed by atoms with van der Waals surface area (Å²) < 4.78 is 4.41. The molecule has 3 aliphatic rings. The average Bonchev–Trinajstić information content (AvgIpc) is 2.84. The third-order valence-corrected chi connectivity index (χ3v) is 3.74. The Morgan fingerprint density at radius 3 is 3.12 bits per heavy atom. The quantitative estimate of drug-likeness (QED) is 0.616. The normalized spacial score (nSPS) is 28.3. The largest absolute Gasteiger partial charge is 0.243 e. The number of hydrogen-bond donors (Lipinski definition) is 0. The molecule has 3 nitrogen and oxygen atoms in total. The lowest BCUT2D eigenvalue weighted by Crippen LogP contribution is -2.29. The highest BCUT2D eigenvalue weighted by Crippen LogP contribution is 2.31.